The summed E-state index contributed by atoms with van der Waals surface area (Å²) in [6, 6.07) is 5.13. The molecule has 1 aromatic rings. The average Bonchev–Trinajstić information content (AvgIpc) is 2.00. The molecule has 0 amide bonds. The van der Waals surface area contributed by atoms with Gasteiger partial charge in [-0.05, 0) is 25.1 Å². The van der Waals surface area contributed by atoms with Crippen molar-refractivity contribution in [3.05, 3.63) is 34.9 Å². The number of hydrogen-bond donors (Lipinski definition) is 1. The van der Waals surface area contributed by atoms with Crippen molar-refractivity contribution in [2.45, 2.75) is 18.4 Å². The molecule has 0 aromatic heterocycles. The van der Waals surface area contributed by atoms with E-state index in [0.717, 1.165) is 0 Å². The molecule has 1 aliphatic rings. The first kappa shape index (κ1) is 9.87. The predicted molar refractivity (Wildman–Crippen MR) is 51.8 cm³/mol. The zero-order valence-electron chi connectivity index (χ0n) is 7.43. The molecule has 1 aromatic carbocycles. The highest BCUT2D eigenvalue weighted by molar-refractivity contribution is 6.30. The van der Waals surface area contributed by atoms with Crippen molar-refractivity contribution in [3.63, 3.8) is 0 Å². The molecule has 0 saturated carbocycles. The van der Waals surface area contributed by atoms with Crippen LogP contribution in [0.2, 0.25) is 5.02 Å². The molecule has 1 N–H and O–H groups in total. The number of rotatable bonds is 2. The Morgan fingerprint density at radius 3 is 2.64 bits per heavy atom. The normalized spacial score (nSPS) is 21.8. The molecule has 76 valence electrons. The predicted octanol–water partition coefficient (Wildman–Crippen LogP) is 2.79. The molecule has 1 saturated heterocycles. The van der Waals surface area contributed by atoms with Gasteiger partial charge in [0, 0.05) is 10.6 Å². The monoisotopic (exact) mass is 217 g/mol. The number of alkyl halides is 2. The molecule has 1 unspecified atom stereocenters. The van der Waals surface area contributed by atoms with Gasteiger partial charge in [-0.15, -0.1) is 0 Å². The molecule has 0 radical (unpaired) electrons. The second-order valence-electron chi connectivity index (χ2n) is 3.43. The molecule has 1 fully saturated rings. The zero-order chi connectivity index (χ0) is 10.2. The van der Waals surface area contributed by atoms with Crippen LogP contribution in [-0.2, 0) is 5.92 Å². The van der Waals surface area contributed by atoms with Crippen LogP contribution in [-0.4, -0.2) is 12.6 Å². The van der Waals surface area contributed by atoms with Crippen LogP contribution in [0.25, 0.3) is 0 Å². The summed E-state index contributed by atoms with van der Waals surface area (Å²) in [7, 11) is 0. The van der Waals surface area contributed by atoms with Crippen LogP contribution in [0.1, 0.15) is 12.0 Å². The molecule has 1 aliphatic heterocycles. The summed E-state index contributed by atoms with van der Waals surface area (Å²) in [6.07, 6.45) is 0.513. The summed E-state index contributed by atoms with van der Waals surface area (Å²) in [5, 5.41) is 3.06. The summed E-state index contributed by atoms with van der Waals surface area (Å²) >= 11 is 5.66. The average molecular weight is 218 g/mol. The Labute approximate surface area is 86.1 Å². The van der Waals surface area contributed by atoms with Gasteiger partial charge in [-0.2, -0.15) is 8.78 Å². The summed E-state index contributed by atoms with van der Waals surface area (Å²) < 4.78 is 27.3. The zero-order valence-corrected chi connectivity index (χ0v) is 8.19. The van der Waals surface area contributed by atoms with Crippen LogP contribution < -0.4 is 5.32 Å². The fourth-order valence-electron chi connectivity index (χ4n) is 1.50. The van der Waals surface area contributed by atoms with Crippen molar-refractivity contribution >= 4 is 11.6 Å². The molecule has 1 atom stereocenters. The first-order chi connectivity index (χ1) is 6.60. The van der Waals surface area contributed by atoms with Gasteiger partial charge < -0.3 is 5.32 Å². The van der Waals surface area contributed by atoms with Crippen molar-refractivity contribution < 1.29 is 8.78 Å². The van der Waals surface area contributed by atoms with Crippen LogP contribution in [0.4, 0.5) is 8.78 Å². The number of benzene rings is 1. The SMILES string of the molecule is FC(F)(c1cccc(Cl)c1)C1CCN1. The molecule has 0 bridgehead atoms. The summed E-state index contributed by atoms with van der Waals surface area (Å²) in [5.74, 6) is -2.82. The third kappa shape index (κ3) is 1.62. The van der Waals surface area contributed by atoms with Gasteiger partial charge in [-0.1, -0.05) is 23.7 Å². The van der Waals surface area contributed by atoms with Gasteiger partial charge in [-0.3, -0.25) is 0 Å². The lowest BCUT2D eigenvalue weighted by molar-refractivity contribution is -0.0646. The Morgan fingerprint density at radius 2 is 2.14 bits per heavy atom. The van der Waals surface area contributed by atoms with Crippen LogP contribution in [0.3, 0.4) is 0 Å². The second kappa shape index (κ2) is 3.48. The van der Waals surface area contributed by atoms with Crippen LogP contribution >= 0.6 is 11.6 Å². The molecule has 1 heterocycles. The highest BCUT2D eigenvalue weighted by Gasteiger charge is 2.44. The van der Waals surface area contributed by atoms with Crippen LogP contribution in [0.5, 0.6) is 0 Å². The molecule has 4 heteroatoms. The van der Waals surface area contributed by atoms with Crippen molar-refractivity contribution in [1.82, 2.24) is 5.32 Å². The van der Waals surface area contributed by atoms with Crippen LogP contribution in [0, 0.1) is 0 Å². The summed E-state index contributed by atoms with van der Waals surface area (Å²) in [4.78, 5) is 0. The van der Waals surface area contributed by atoms with E-state index < -0.39 is 12.0 Å². The Kier molecular flexibility index (Phi) is 2.45. The van der Waals surface area contributed by atoms with E-state index in [0.29, 0.717) is 18.0 Å². The van der Waals surface area contributed by atoms with E-state index in [1.807, 2.05) is 0 Å². The van der Waals surface area contributed by atoms with Gasteiger partial charge in [0.15, 0.2) is 0 Å². The van der Waals surface area contributed by atoms with E-state index in [2.05, 4.69) is 5.32 Å². The smallest absolute Gasteiger partial charge is 0.288 e. The first-order valence-electron chi connectivity index (χ1n) is 4.48. The van der Waals surface area contributed by atoms with E-state index >= 15 is 0 Å². The number of halogens is 3. The minimum atomic E-state index is -2.82. The highest BCUT2D eigenvalue weighted by Crippen LogP contribution is 2.36. The van der Waals surface area contributed by atoms with E-state index in [9.17, 15) is 8.78 Å². The Balaban J connectivity index is 2.28. The lowest BCUT2D eigenvalue weighted by Crippen LogP contribution is -2.53. The molecule has 0 spiro atoms. The molecule has 0 aliphatic carbocycles. The van der Waals surface area contributed by atoms with Gasteiger partial charge in [0.25, 0.3) is 5.92 Å². The topological polar surface area (TPSA) is 12.0 Å². The largest absolute Gasteiger partial charge is 0.308 e. The summed E-state index contributed by atoms with van der Waals surface area (Å²) in [6.45, 7) is 0.667. The highest BCUT2D eigenvalue weighted by atomic mass is 35.5. The van der Waals surface area contributed by atoms with Gasteiger partial charge >= 0.3 is 0 Å². The van der Waals surface area contributed by atoms with Crippen molar-refractivity contribution in [3.8, 4) is 0 Å². The quantitative estimate of drug-likeness (QED) is 0.803. The molecular formula is C10H10ClF2N. The van der Waals surface area contributed by atoms with E-state index in [1.54, 1.807) is 12.1 Å². The Bertz CT molecular complexity index is 337. The molecule has 1 nitrogen and oxygen atoms in total. The molecule has 14 heavy (non-hydrogen) atoms. The van der Waals surface area contributed by atoms with Crippen molar-refractivity contribution in [2.24, 2.45) is 0 Å². The van der Waals surface area contributed by atoms with E-state index in [1.165, 1.54) is 12.1 Å². The minimum absolute atomic E-state index is 0.0119. The van der Waals surface area contributed by atoms with Crippen LogP contribution in [0.15, 0.2) is 24.3 Å². The van der Waals surface area contributed by atoms with Gasteiger partial charge in [0.05, 0.1) is 6.04 Å². The first-order valence-corrected chi connectivity index (χ1v) is 4.86. The van der Waals surface area contributed by atoms with Gasteiger partial charge in [0.2, 0.25) is 0 Å². The third-order valence-electron chi connectivity index (χ3n) is 2.47. The van der Waals surface area contributed by atoms with Gasteiger partial charge in [-0.25, -0.2) is 0 Å². The van der Waals surface area contributed by atoms with E-state index in [4.69, 9.17) is 11.6 Å². The maximum absolute atomic E-state index is 13.7. The van der Waals surface area contributed by atoms with Crippen molar-refractivity contribution in [2.75, 3.05) is 6.54 Å². The molecular weight excluding hydrogens is 208 g/mol. The fraction of sp³-hybridized carbons (Fsp3) is 0.400. The second-order valence-corrected chi connectivity index (χ2v) is 3.87. The standard InChI is InChI=1S/C10H10ClF2N/c11-8-3-1-2-7(6-8)10(12,13)9-4-5-14-9/h1-3,6,9,14H,4-5H2. The van der Waals surface area contributed by atoms with Gasteiger partial charge in [0.1, 0.15) is 0 Å². The van der Waals surface area contributed by atoms with Crippen molar-refractivity contribution in [1.29, 1.82) is 0 Å². The Hall–Kier alpha value is -0.670. The lowest BCUT2D eigenvalue weighted by Gasteiger charge is -2.35. The number of hydrogen-bond acceptors (Lipinski definition) is 1. The maximum Gasteiger partial charge on any atom is 0.288 e. The molecule has 2 rings (SSSR count). The third-order valence-corrected chi connectivity index (χ3v) is 2.71. The summed E-state index contributed by atoms with van der Waals surface area (Å²) in [5.41, 5.74) is -0.0119. The maximum atomic E-state index is 13.7. The minimum Gasteiger partial charge on any atom is -0.308 e. The fourth-order valence-corrected chi connectivity index (χ4v) is 1.69. The Morgan fingerprint density at radius 1 is 1.43 bits per heavy atom. The van der Waals surface area contributed by atoms with E-state index in [-0.39, 0.29) is 5.56 Å². The lowest BCUT2D eigenvalue weighted by atomic mass is 9.94. The number of nitrogens with one attached hydrogen (secondary N) is 1.